The van der Waals surface area contributed by atoms with Crippen LogP contribution in [0, 0.1) is 0 Å². The molecule has 0 aliphatic heterocycles. The molecule has 1 aromatic heterocycles. The number of halogens is 2. The molecule has 6 heteroatoms. The topological polar surface area (TPSA) is 38.9 Å². The van der Waals surface area contributed by atoms with Crippen LogP contribution in [-0.4, -0.2) is 16.0 Å². The minimum atomic E-state index is 0.433. The lowest BCUT2D eigenvalue weighted by molar-refractivity contribution is 0.465. The van der Waals surface area contributed by atoms with Crippen molar-refractivity contribution in [3.63, 3.8) is 0 Å². The van der Waals surface area contributed by atoms with Crippen LogP contribution in [0.4, 0.5) is 0 Å². The van der Waals surface area contributed by atoms with E-state index in [1.165, 1.54) is 19.3 Å². The van der Waals surface area contributed by atoms with Crippen molar-refractivity contribution >= 4 is 35.0 Å². The van der Waals surface area contributed by atoms with E-state index in [1.54, 1.807) is 30.0 Å². The van der Waals surface area contributed by atoms with E-state index in [4.69, 9.17) is 27.6 Å². The average molecular weight is 331 g/mol. The van der Waals surface area contributed by atoms with Crippen molar-refractivity contribution in [3.8, 4) is 11.5 Å². The largest absolute Gasteiger partial charge is 0.411 e. The Kier molecular flexibility index (Phi) is 6.20. The molecule has 0 fully saturated rings. The SMILES string of the molecule is CCCCCCSc1nnc(-c2ccc(Cl)cc2Cl)o1. The van der Waals surface area contributed by atoms with Crippen molar-refractivity contribution in [1.82, 2.24) is 10.2 Å². The molecule has 3 nitrogen and oxygen atoms in total. The van der Waals surface area contributed by atoms with Gasteiger partial charge >= 0.3 is 0 Å². The van der Waals surface area contributed by atoms with Crippen LogP contribution in [0.25, 0.3) is 11.5 Å². The summed E-state index contributed by atoms with van der Waals surface area (Å²) in [7, 11) is 0. The molecule has 0 saturated heterocycles. The van der Waals surface area contributed by atoms with Gasteiger partial charge in [0.2, 0.25) is 5.89 Å². The summed E-state index contributed by atoms with van der Waals surface area (Å²) in [6.45, 7) is 2.20. The van der Waals surface area contributed by atoms with Crippen LogP contribution in [0.2, 0.25) is 10.0 Å². The lowest BCUT2D eigenvalue weighted by Crippen LogP contribution is -1.81. The van der Waals surface area contributed by atoms with Crippen molar-refractivity contribution in [2.75, 3.05) is 5.75 Å². The molecule has 2 rings (SSSR count). The summed E-state index contributed by atoms with van der Waals surface area (Å²) >= 11 is 13.6. The predicted octanol–water partition coefficient (Wildman–Crippen LogP) is 5.72. The zero-order chi connectivity index (χ0) is 14.4. The zero-order valence-electron chi connectivity index (χ0n) is 11.2. The van der Waals surface area contributed by atoms with Crippen molar-refractivity contribution in [3.05, 3.63) is 28.2 Å². The maximum atomic E-state index is 6.12. The van der Waals surface area contributed by atoms with Gasteiger partial charge in [-0.05, 0) is 24.6 Å². The molecule has 0 N–H and O–H groups in total. The van der Waals surface area contributed by atoms with E-state index in [0.717, 1.165) is 12.2 Å². The third-order valence-corrected chi connectivity index (χ3v) is 4.24. The fraction of sp³-hybridized carbons (Fsp3) is 0.429. The standard InChI is InChI=1S/C14H16Cl2N2OS/c1-2-3-4-5-8-20-14-18-17-13(19-14)11-7-6-10(15)9-12(11)16/h6-7,9H,2-5,8H2,1H3. The number of rotatable bonds is 7. The molecule has 20 heavy (non-hydrogen) atoms. The van der Waals surface area contributed by atoms with Crippen LogP contribution >= 0.6 is 35.0 Å². The van der Waals surface area contributed by atoms with E-state index in [-0.39, 0.29) is 0 Å². The van der Waals surface area contributed by atoms with Gasteiger partial charge in [-0.15, -0.1) is 10.2 Å². The molecule has 0 aliphatic rings. The lowest BCUT2D eigenvalue weighted by Gasteiger charge is -1.99. The summed E-state index contributed by atoms with van der Waals surface area (Å²) in [4.78, 5) is 0. The molecule has 0 atom stereocenters. The second kappa shape index (κ2) is 7.91. The molecule has 108 valence electrons. The molecule has 2 aromatic rings. The first-order chi connectivity index (χ1) is 9.70. The van der Waals surface area contributed by atoms with Crippen LogP contribution < -0.4 is 0 Å². The number of unbranched alkanes of at least 4 members (excludes halogenated alkanes) is 3. The van der Waals surface area contributed by atoms with Crippen molar-refractivity contribution in [2.24, 2.45) is 0 Å². The summed E-state index contributed by atoms with van der Waals surface area (Å²) in [5.74, 6) is 1.43. The lowest BCUT2D eigenvalue weighted by atomic mass is 10.2. The smallest absolute Gasteiger partial charge is 0.276 e. The highest BCUT2D eigenvalue weighted by Gasteiger charge is 2.12. The van der Waals surface area contributed by atoms with Gasteiger partial charge in [0.25, 0.3) is 5.22 Å². The Morgan fingerprint density at radius 3 is 2.75 bits per heavy atom. The Labute approximate surface area is 133 Å². The highest BCUT2D eigenvalue weighted by molar-refractivity contribution is 7.99. The summed E-state index contributed by atoms with van der Waals surface area (Å²) in [5, 5.41) is 9.74. The molecule has 0 spiro atoms. The van der Waals surface area contributed by atoms with E-state index in [9.17, 15) is 0 Å². The highest BCUT2D eigenvalue weighted by atomic mass is 35.5. The zero-order valence-corrected chi connectivity index (χ0v) is 13.6. The Hall–Kier alpha value is -0.710. The van der Waals surface area contributed by atoms with E-state index in [2.05, 4.69) is 17.1 Å². The third kappa shape index (κ3) is 4.40. The Balaban J connectivity index is 1.95. The molecule has 0 aliphatic carbocycles. The number of hydrogen-bond donors (Lipinski definition) is 0. The molecule has 0 bridgehead atoms. The minimum Gasteiger partial charge on any atom is -0.411 e. The van der Waals surface area contributed by atoms with Crippen LogP contribution in [0.1, 0.15) is 32.6 Å². The molecule has 1 aromatic carbocycles. The summed E-state index contributed by atoms with van der Waals surface area (Å²) in [6, 6.07) is 5.21. The van der Waals surface area contributed by atoms with E-state index < -0.39 is 0 Å². The minimum absolute atomic E-state index is 0.433. The van der Waals surface area contributed by atoms with Crippen molar-refractivity contribution in [1.29, 1.82) is 0 Å². The maximum Gasteiger partial charge on any atom is 0.276 e. The van der Waals surface area contributed by atoms with E-state index >= 15 is 0 Å². The number of nitrogens with zero attached hydrogens (tertiary/aromatic N) is 2. The Morgan fingerprint density at radius 1 is 1.15 bits per heavy atom. The van der Waals surface area contributed by atoms with Gasteiger partial charge in [-0.2, -0.15) is 0 Å². The third-order valence-electron chi connectivity index (χ3n) is 2.79. The van der Waals surface area contributed by atoms with Gasteiger partial charge in [-0.1, -0.05) is 61.1 Å². The van der Waals surface area contributed by atoms with Gasteiger partial charge in [-0.3, -0.25) is 0 Å². The summed E-state index contributed by atoms with van der Waals surface area (Å²) in [5.41, 5.74) is 0.710. The van der Waals surface area contributed by atoms with Gasteiger partial charge in [0.15, 0.2) is 0 Å². The van der Waals surface area contributed by atoms with Gasteiger partial charge < -0.3 is 4.42 Å². The van der Waals surface area contributed by atoms with Gasteiger partial charge in [0.1, 0.15) is 0 Å². The highest BCUT2D eigenvalue weighted by Crippen LogP contribution is 2.31. The van der Waals surface area contributed by atoms with Crippen molar-refractivity contribution < 1.29 is 4.42 Å². The van der Waals surface area contributed by atoms with Gasteiger partial charge in [-0.25, -0.2) is 0 Å². The maximum absolute atomic E-state index is 6.12. The first-order valence-corrected chi connectivity index (χ1v) is 8.36. The van der Waals surface area contributed by atoms with Crippen LogP contribution in [0.5, 0.6) is 0 Å². The monoisotopic (exact) mass is 330 g/mol. The van der Waals surface area contributed by atoms with Crippen LogP contribution in [-0.2, 0) is 0 Å². The fourth-order valence-electron chi connectivity index (χ4n) is 1.73. The van der Waals surface area contributed by atoms with Crippen LogP contribution in [0.15, 0.2) is 27.8 Å². The first-order valence-electron chi connectivity index (χ1n) is 6.62. The average Bonchev–Trinajstić information content (AvgIpc) is 2.87. The second-order valence-electron chi connectivity index (χ2n) is 4.41. The molecule has 0 saturated carbocycles. The van der Waals surface area contributed by atoms with E-state index in [1.807, 2.05) is 0 Å². The molecule has 0 unspecified atom stereocenters. The number of thioether (sulfide) groups is 1. The molecular weight excluding hydrogens is 315 g/mol. The first kappa shape index (κ1) is 15.7. The number of benzene rings is 1. The van der Waals surface area contributed by atoms with Crippen molar-refractivity contribution in [2.45, 2.75) is 37.8 Å². The molecule has 0 amide bonds. The van der Waals surface area contributed by atoms with Gasteiger partial charge in [0.05, 0.1) is 10.6 Å². The predicted molar refractivity (Wildman–Crippen MR) is 84.6 cm³/mol. The van der Waals surface area contributed by atoms with Crippen LogP contribution in [0.3, 0.4) is 0 Å². The summed E-state index contributed by atoms with van der Waals surface area (Å²) in [6.07, 6.45) is 4.92. The fourth-order valence-corrected chi connectivity index (χ4v) is 2.98. The van der Waals surface area contributed by atoms with Gasteiger partial charge in [0, 0.05) is 10.8 Å². The molecule has 1 heterocycles. The Morgan fingerprint density at radius 2 is 2.00 bits per heavy atom. The van der Waals surface area contributed by atoms with E-state index in [0.29, 0.717) is 26.7 Å². The quantitative estimate of drug-likeness (QED) is 0.481. The second-order valence-corrected chi connectivity index (χ2v) is 6.30. The number of aromatic nitrogens is 2. The molecule has 0 radical (unpaired) electrons. The normalized spacial score (nSPS) is 10.9. The summed E-state index contributed by atoms with van der Waals surface area (Å²) < 4.78 is 5.61. The number of hydrogen-bond acceptors (Lipinski definition) is 4. The molecular formula is C14H16Cl2N2OS. The Bertz CT molecular complexity index is 560.